The van der Waals surface area contributed by atoms with E-state index in [0.717, 1.165) is 61.2 Å². The van der Waals surface area contributed by atoms with Crippen LogP contribution in [-0.4, -0.2) is 40.2 Å². The number of nitrogens with one attached hydrogen (secondary N) is 1. The van der Waals surface area contributed by atoms with Crippen LogP contribution in [0.15, 0.2) is 35.1 Å². The minimum atomic E-state index is 0.0783. The number of carbonyl (C=O) groups excluding carboxylic acids is 1. The molecule has 1 amide bonds. The molecule has 0 radical (unpaired) electrons. The maximum absolute atomic E-state index is 12.8. The molecule has 7 nitrogen and oxygen atoms in total. The van der Waals surface area contributed by atoms with E-state index in [9.17, 15) is 4.79 Å². The molecule has 2 fully saturated rings. The zero-order valence-corrected chi connectivity index (χ0v) is 18.0. The normalized spacial score (nSPS) is 18.4. The Morgan fingerprint density at radius 3 is 2.52 bits per heavy atom. The Morgan fingerprint density at radius 1 is 1.03 bits per heavy atom. The van der Waals surface area contributed by atoms with E-state index < -0.39 is 0 Å². The number of aromatic nitrogens is 3. The molecular formula is C24H29N5O2. The van der Waals surface area contributed by atoms with Gasteiger partial charge in [-0.05, 0) is 32.6 Å². The largest absolute Gasteiger partial charge is 0.356 e. The Labute approximate surface area is 182 Å². The lowest BCUT2D eigenvalue weighted by atomic mass is 9.92. The molecule has 0 bridgehead atoms. The third kappa shape index (κ3) is 4.13. The van der Waals surface area contributed by atoms with Crippen molar-refractivity contribution >= 4 is 22.8 Å². The lowest BCUT2D eigenvalue weighted by molar-refractivity contribution is -0.126. The van der Waals surface area contributed by atoms with Crippen LogP contribution in [0.25, 0.3) is 22.4 Å². The topological polar surface area (TPSA) is 84.2 Å². The van der Waals surface area contributed by atoms with Crippen LogP contribution in [0, 0.1) is 12.8 Å². The summed E-state index contributed by atoms with van der Waals surface area (Å²) in [5.41, 5.74) is 3.45. The zero-order valence-electron chi connectivity index (χ0n) is 18.0. The average molecular weight is 420 g/mol. The van der Waals surface area contributed by atoms with Crippen molar-refractivity contribution in [2.45, 2.75) is 57.9 Å². The van der Waals surface area contributed by atoms with Gasteiger partial charge in [0.2, 0.25) is 5.91 Å². The molecule has 3 aromatic rings. The van der Waals surface area contributed by atoms with Gasteiger partial charge in [0.1, 0.15) is 23.2 Å². The highest BCUT2D eigenvalue weighted by Gasteiger charge is 2.29. The van der Waals surface area contributed by atoms with Crippen molar-refractivity contribution in [1.82, 2.24) is 20.4 Å². The van der Waals surface area contributed by atoms with Crippen molar-refractivity contribution in [3.8, 4) is 11.3 Å². The fraction of sp³-hybridized carbons (Fsp3) is 0.500. The molecular weight excluding hydrogens is 390 g/mol. The van der Waals surface area contributed by atoms with Gasteiger partial charge < -0.3 is 14.7 Å². The lowest BCUT2D eigenvalue weighted by Gasteiger charge is -2.33. The molecule has 1 aromatic carbocycles. The second-order valence-corrected chi connectivity index (χ2v) is 8.88. The number of piperidine rings is 1. The minimum absolute atomic E-state index is 0.0783. The number of hydrogen-bond acceptors (Lipinski definition) is 6. The summed E-state index contributed by atoms with van der Waals surface area (Å²) in [6.45, 7) is 3.63. The number of rotatable bonds is 4. The molecule has 1 aliphatic heterocycles. The third-order valence-electron chi connectivity index (χ3n) is 6.69. The van der Waals surface area contributed by atoms with Crippen LogP contribution in [0.5, 0.6) is 0 Å². The number of aryl methyl sites for hydroxylation is 1. The molecule has 31 heavy (non-hydrogen) atoms. The number of carbonyl (C=O) groups is 1. The summed E-state index contributed by atoms with van der Waals surface area (Å²) in [5, 5.41) is 8.43. The number of anilines is 1. The van der Waals surface area contributed by atoms with Gasteiger partial charge >= 0.3 is 0 Å². The van der Waals surface area contributed by atoms with E-state index in [1.54, 1.807) is 0 Å². The summed E-state index contributed by atoms with van der Waals surface area (Å²) < 4.78 is 5.52. The quantitative estimate of drug-likeness (QED) is 0.680. The molecule has 2 aliphatic rings. The van der Waals surface area contributed by atoms with Crippen molar-refractivity contribution in [2.24, 2.45) is 5.92 Å². The molecule has 1 saturated heterocycles. The highest BCUT2D eigenvalue weighted by molar-refractivity contribution is 5.98. The third-order valence-corrected chi connectivity index (χ3v) is 6.69. The summed E-state index contributed by atoms with van der Waals surface area (Å²) in [5.74, 6) is 1.15. The van der Waals surface area contributed by atoms with E-state index in [1.807, 2.05) is 12.1 Å². The van der Waals surface area contributed by atoms with E-state index in [4.69, 9.17) is 4.52 Å². The molecule has 5 rings (SSSR count). The molecule has 0 atom stereocenters. The van der Waals surface area contributed by atoms with Crippen molar-refractivity contribution in [1.29, 1.82) is 0 Å². The van der Waals surface area contributed by atoms with Crippen molar-refractivity contribution < 1.29 is 9.32 Å². The smallest absolute Gasteiger partial charge is 0.263 e. The molecule has 0 unspecified atom stereocenters. The molecule has 0 spiro atoms. The van der Waals surface area contributed by atoms with Gasteiger partial charge in [-0.15, -0.1) is 0 Å². The fourth-order valence-electron chi connectivity index (χ4n) is 4.84. The van der Waals surface area contributed by atoms with E-state index in [1.165, 1.54) is 31.2 Å². The van der Waals surface area contributed by atoms with E-state index in [-0.39, 0.29) is 11.8 Å². The number of benzene rings is 1. The first-order chi connectivity index (χ1) is 15.2. The van der Waals surface area contributed by atoms with Crippen LogP contribution in [0.2, 0.25) is 0 Å². The first-order valence-corrected chi connectivity index (χ1v) is 11.4. The van der Waals surface area contributed by atoms with Crippen LogP contribution in [0.3, 0.4) is 0 Å². The summed E-state index contributed by atoms with van der Waals surface area (Å²) >= 11 is 0. The van der Waals surface area contributed by atoms with Crippen molar-refractivity contribution in [3.05, 3.63) is 36.2 Å². The van der Waals surface area contributed by atoms with Crippen LogP contribution in [0.1, 0.15) is 50.5 Å². The molecule has 2 aromatic heterocycles. The minimum Gasteiger partial charge on any atom is -0.356 e. The summed E-state index contributed by atoms with van der Waals surface area (Å²) in [6.07, 6.45) is 9.20. The van der Waals surface area contributed by atoms with E-state index in [2.05, 4.69) is 44.4 Å². The SMILES string of the molecule is Cc1ccc(-c2noc3ncnc(N4CCC(C(=O)NC5CCCCC5)CC4)c23)cc1. The monoisotopic (exact) mass is 419 g/mol. The number of hydrogen-bond donors (Lipinski definition) is 1. The Hall–Kier alpha value is -2.96. The number of amides is 1. The predicted molar refractivity (Wildman–Crippen MR) is 120 cm³/mol. The molecule has 1 aliphatic carbocycles. The summed E-state index contributed by atoms with van der Waals surface area (Å²) in [4.78, 5) is 23.9. The summed E-state index contributed by atoms with van der Waals surface area (Å²) in [7, 11) is 0. The van der Waals surface area contributed by atoms with Crippen LogP contribution < -0.4 is 10.2 Å². The second kappa shape index (κ2) is 8.65. The van der Waals surface area contributed by atoms with Crippen LogP contribution >= 0.6 is 0 Å². The first-order valence-electron chi connectivity index (χ1n) is 11.4. The Kier molecular flexibility index (Phi) is 5.57. The van der Waals surface area contributed by atoms with Gasteiger partial charge in [-0.1, -0.05) is 54.2 Å². The molecule has 1 N–H and O–H groups in total. The maximum atomic E-state index is 12.8. The molecule has 1 saturated carbocycles. The zero-order chi connectivity index (χ0) is 21.2. The van der Waals surface area contributed by atoms with Gasteiger partial charge in [0.15, 0.2) is 0 Å². The van der Waals surface area contributed by atoms with Gasteiger partial charge in [-0.3, -0.25) is 4.79 Å². The number of fused-ring (bicyclic) bond motifs is 1. The van der Waals surface area contributed by atoms with E-state index >= 15 is 0 Å². The van der Waals surface area contributed by atoms with Crippen LogP contribution in [-0.2, 0) is 4.79 Å². The Balaban J connectivity index is 1.32. The van der Waals surface area contributed by atoms with Gasteiger partial charge in [-0.2, -0.15) is 4.98 Å². The second-order valence-electron chi connectivity index (χ2n) is 8.88. The Bertz CT molecular complexity index is 1050. The van der Waals surface area contributed by atoms with Gasteiger partial charge in [-0.25, -0.2) is 4.98 Å². The van der Waals surface area contributed by atoms with E-state index in [0.29, 0.717) is 11.8 Å². The summed E-state index contributed by atoms with van der Waals surface area (Å²) in [6, 6.07) is 8.59. The van der Waals surface area contributed by atoms with Crippen molar-refractivity contribution in [3.63, 3.8) is 0 Å². The van der Waals surface area contributed by atoms with Crippen LogP contribution in [0.4, 0.5) is 5.82 Å². The first kappa shape index (κ1) is 20.0. The fourth-order valence-corrected chi connectivity index (χ4v) is 4.84. The molecule has 7 heteroatoms. The highest BCUT2D eigenvalue weighted by atomic mass is 16.5. The number of nitrogens with zero attached hydrogens (tertiary/aromatic N) is 4. The van der Waals surface area contributed by atoms with Crippen molar-refractivity contribution in [2.75, 3.05) is 18.0 Å². The highest BCUT2D eigenvalue weighted by Crippen LogP contribution is 2.35. The Morgan fingerprint density at radius 2 is 1.77 bits per heavy atom. The lowest BCUT2D eigenvalue weighted by Crippen LogP contribution is -2.44. The van der Waals surface area contributed by atoms with Gasteiger partial charge in [0.05, 0.1) is 0 Å². The average Bonchev–Trinajstić information content (AvgIpc) is 3.25. The molecule has 162 valence electrons. The molecule has 3 heterocycles. The maximum Gasteiger partial charge on any atom is 0.263 e. The van der Waals surface area contributed by atoms with Gasteiger partial charge in [0, 0.05) is 30.6 Å². The van der Waals surface area contributed by atoms with Gasteiger partial charge in [0.25, 0.3) is 5.71 Å². The predicted octanol–water partition coefficient (Wildman–Crippen LogP) is 4.26. The standard InChI is InChI=1S/C24H29N5O2/c1-16-7-9-17(10-8-16)21-20-22(25-15-26-24(20)31-28-21)29-13-11-18(12-14-29)23(30)27-19-5-3-2-4-6-19/h7-10,15,18-19H,2-6,11-14H2,1H3,(H,27,30).